The van der Waals surface area contributed by atoms with Gasteiger partial charge in [-0.15, -0.1) is 0 Å². The number of benzene rings is 1. The molecule has 1 aromatic heterocycles. The Labute approximate surface area is 256 Å². The van der Waals surface area contributed by atoms with Crippen LogP contribution in [0.15, 0.2) is 41.4 Å². The number of rotatable bonds is 12. The number of hydrogen-bond acceptors (Lipinski definition) is 7. The molecule has 13 heteroatoms. The lowest BCUT2D eigenvalue weighted by Gasteiger charge is -2.35. The van der Waals surface area contributed by atoms with E-state index < -0.39 is 46.5 Å². The zero-order valence-electron chi connectivity index (χ0n) is 25.1. The molecule has 2 atom stereocenters. The molecule has 0 saturated heterocycles. The molecule has 1 aromatic carbocycles. The summed E-state index contributed by atoms with van der Waals surface area (Å²) in [6.45, 7) is 6.17. The Kier molecular flexibility index (Phi) is 10.7. The van der Waals surface area contributed by atoms with E-state index in [1.165, 1.54) is 18.3 Å². The highest BCUT2D eigenvalue weighted by Crippen LogP contribution is 2.43. The summed E-state index contributed by atoms with van der Waals surface area (Å²) in [4.78, 5) is 31.5. The largest absolute Gasteiger partial charge is 0.480 e. The number of ether oxygens (including phenoxy) is 1. The molecule has 2 N–H and O–H groups in total. The molecule has 0 unspecified atom stereocenters. The minimum absolute atomic E-state index is 0.0162. The van der Waals surface area contributed by atoms with Crippen molar-refractivity contribution in [3.63, 3.8) is 0 Å². The minimum atomic E-state index is -4.14. The number of carboxylic acids is 1. The molecule has 1 amide bonds. The first-order chi connectivity index (χ1) is 20.7. The fraction of sp³-hybridized carbons (Fsp3) is 0.581. The third-order valence-electron chi connectivity index (χ3n) is 8.58. The average Bonchev–Trinajstić information content (AvgIpc) is 3.33. The van der Waals surface area contributed by atoms with Gasteiger partial charge < -0.3 is 15.2 Å². The van der Waals surface area contributed by atoms with Crippen LogP contribution in [0.2, 0.25) is 0 Å². The van der Waals surface area contributed by atoms with Crippen molar-refractivity contribution in [2.45, 2.75) is 76.2 Å². The Balaban J connectivity index is 1.48. The number of hydrogen-bond donors (Lipinski definition) is 2. The van der Waals surface area contributed by atoms with Gasteiger partial charge in [-0.1, -0.05) is 32.9 Å². The van der Waals surface area contributed by atoms with E-state index in [2.05, 4.69) is 29.0 Å². The van der Waals surface area contributed by atoms with E-state index in [-0.39, 0.29) is 48.0 Å². The number of carbonyl (C=O) groups is 2. The van der Waals surface area contributed by atoms with Crippen LogP contribution in [-0.2, 0) is 25.9 Å². The van der Waals surface area contributed by atoms with Crippen molar-refractivity contribution in [3.8, 4) is 0 Å². The second kappa shape index (κ2) is 13.9. The molecule has 242 valence electrons. The normalized spacial score (nSPS) is 21.7. The Morgan fingerprint density at radius 3 is 2.36 bits per heavy atom. The van der Waals surface area contributed by atoms with Crippen molar-refractivity contribution in [1.29, 1.82) is 0 Å². The fourth-order valence-corrected chi connectivity index (χ4v) is 7.13. The number of alkyl halides is 3. The number of nitrogens with zero attached hydrogens (tertiary/aromatic N) is 2. The topological polar surface area (TPSA) is 126 Å². The van der Waals surface area contributed by atoms with Crippen LogP contribution in [0.25, 0.3) is 0 Å². The molecular formula is C31H40F3N3O6S. The van der Waals surface area contributed by atoms with Crippen molar-refractivity contribution in [2.75, 3.05) is 25.5 Å². The monoisotopic (exact) mass is 639 g/mol. The molecule has 0 bridgehead atoms. The maximum Gasteiger partial charge on any atom is 0.391 e. The quantitative estimate of drug-likeness (QED) is 0.319. The van der Waals surface area contributed by atoms with Crippen LogP contribution in [0.3, 0.4) is 0 Å². The van der Waals surface area contributed by atoms with E-state index >= 15 is 0 Å². The summed E-state index contributed by atoms with van der Waals surface area (Å²) in [5, 5.41) is 11.9. The molecule has 1 saturated carbocycles. The van der Waals surface area contributed by atoms with Gasteiger partial charge in [-0.25, -0.2) is 13.2 Å². The van der Waals surface area contributed by atoms with Gasteiger partial charge in [0.1, 0.15) is 6.61 Å². The number of halogens is 3. The van der Waals surface area contributed by atoms with E-state index in [9.17, 15) is 31.2 Å². The van der Waals surface area contributed by atoms with Crippen LogP contribution < -0.4 is 5.32 Å². The fourth-order valence-electron chi connectivity index (χ4n) is 6.25. The Hall–Kier alpha value is -3.03. The van der Waals surface area contributed by atoms with Gasteiger partial charge in [0, 0.05) is 19.3 Å². The van der Waals surface area contributed by atoms with Crippen LogP contribution in [0.1, 0.15) is 85.7 Å². The highest BCUT2D eigenvalue weighted by molar-refractivity contribution is 7.91. The summed E-state index contributed by atoms with van der Waals surface area (Å²) in [7, 11) is -3.43. The predicted molar refractivity (Wildman–Crippen MR) is 157 cm³/mol. The molecule has 2 heterocycles. The van der Waals surface area contributed by atoms with Gasteiger partial charge in [-0.3, -0.25) is 14.7 Å². The van der Waals surface area contributed by atoms with E-state index in [4.69, 9.17) is 9.84 Å². The van der Waals surface area contributed by atoms with E-state index in [1.54, 1.807) is 25.1 Å². The number of aromatic nitrogens is 1. The highest BCUT2D eigenvalue weighted by Gasteiger charge is 2.42. The predicted octanol–water partition coefficient (Wildman–Crippen LogP) is 5.33. The molecule has 4 rings (SSSR count). The lowest BCUT2D eigenvalue weighted by atomic mass is 9.81. The summed E-state index contributed by atoms with van der Waals surface area (Å²) < 4.78 is 69.2. The Morgan fingerprint density at radius 2 is 1.80 bits per heavy atom. The number of pyridine rings is 1. The van der Waals surface area contributed by atoms with Crippen molar-refractivity contribution in [3.05, 3.63) is 58.9 Å². The first kappa shape index (κ1) is 33.9. The summed E-state index contributed by atoms with van der Waals surface area (Å²) >= 11 is 0. The van der Waals surface area contributed by atoms with Gasteiger partial charge >= 0.3 is 12.1 Å². The van der Waals surface area contributed by atoms with Crippen LogP contribution in [0.4, 0.5) is 13.2 Å². The third-order valence-corrected chi connectivity index (χ3v) is 10.3. The first-order valence-corrected chi connectivity index (χ1v) is 16.6. The first-order valence-electron chi connectivity index (χ1n) is 14.9. The Bertz CT molecular complexity index is 1420. The zero-order chi connectivity index (χ0) is 32.2. The second-order valence-corrected chi connectivity index (χ2v) is 14.3. The Morgan fingerprint density at radius 1 is 1.14 bits per heavy atom. The van der Waals surface area contributed by atoms with E-state index in [0.29, 0.717) is 37.1 Å². The van der Waals surface area contributed by atoms with Gasteiger partial charge in [-0.2, -0.15) is 13.2 Å². The average molecular weight is 640 g/mol. The van der Waals surface area contributed by atoms with E-state index in [1.807, 2.05) is 0 Å². The van der Waals surface area contributed by atoms with Crippen molar-refractivity contribution in [2.24, 2.45) is 17.8 Å². The summed E-state index contributed by atoms with van der Waals surface area (Å²) in [6, 6.07) is 7.00. The molecule has 44 heavy (non-hydrogen) atoms. The third kappa shape index (κ3) is 8.16. The molecule has 2 aromatic rings. The number of sulfone groups is 1. The maximum atomic E-state index is 13.4. The number of fused-ring (bicyclic) bond motifs is 1. The number of carboxylic acid groups (broad SMARTS) is 1. The number of nitrogens with one attached hydrogen (secondary N) is 1. The van der Waals surface area contributed by atoms with Gasteiger partial charge in [0.2, 0.25) is 0 Å². The molecule has 1 aliphatic carbocycles. The molecule has 2 aliphatic rings. The van der Waals surface area contributed by atoms with Crippen molar-refractivity contribution < 1.29 is 41.0 Å². The molecular weight excluding hydrogens is 599 g/mol. The summed E-state index contributed by atoms with van der Waals surface area (Å²) in [5.41, 5.74) is 2.58. The maximum absolute atomic E-state index is 13.4. The SMILES string of the molecule is CCS(=O)(=O)c1ccc([C@H](COCC(=O)O)NC(=O)c2cnc3c(c2)CN(C[C@H]2CC[C@H](C(F)(F)F)CC2)[C@H]3C(C)C)cc1. The van der Waals surface area contributed by atoms with Gasteiger partial charge in [0.25, 0.3) is 5.91 Å². The van der Waals surface area contributed by atoms with E-state index in [0.717, 1.165) is 11.3 Å². The van der Waals surface area contributed by atoms with Crippen LogP contribution in [-0.4, -0.2) is 67.0 Å². The lowest BCUT2D eigenvalue weighted by molar-refractivity contribution is -0.184. The van der Waals surface area contributed by atoms with Crippen molar-refractivity contribution in [1.82, 2.24) is 15.2 Å². The summed E-state index contributed by atoms with van der Waals surface area (Å²) in [6.07, 6.45) is -1.29. The minimum Gasteiger partial charge on any atom is -0.480 e. The number of aliphatic carboxylic acids is 1. The summed E-state index contributed by atoms with van der Waals surface area (Å²) in [5.74, 6) is -2.55. The molecule has 1 fully saturated rings. The number of amides is 1. The lowest BCUT2D eigenvalue weighted by Crippen LogP contribution is -2.35. The smallest absolute Gasteiger partial charge is 0.391 e. The van der Waals surface area contributed by atoms with Crippen LogP contribution >= 0.6 is 0 Å². The van der Waals surface area contributed by atoms with Gasteiger partial charge in [0.15, 0.2) is 9.84 Å². The van der Waals surface area contributed by atoms with Crippen LogP contribution in [0, 0.1) is 17.8 Å². The molecule has 0 radical (unpaired) electrons. The zero-order valence-corrected chi connectivity index (χ0v) is 26.0. The number of carbonyl (C=O) groups excluding carboxylic acids is 1. The van der Waals surface area contributed by atoms with Gasteiger partial charge in [-0.05, 0) is 66.8 Å². The molecule has 9 nitrogen and oxygen atoms in total. The molecule has 1 aliphatic heterocycles. The standard InChI is InChI=1S/C31H40F3N3O6S/c1-4-44(41,42)25-11-7-21(8-12-25)26(17-43-18-27(38)39)36-30(40)22-13-23-16-37(29(19(2)3)28(23)35-14-22)15-20-5-9-24(10-6-20)31(32,33)34/h7-8,11-14,19-20,24,26,29H,4-6,9-10,15-18H2,1-3H3,(H,36,40)(H,38,39)/t20-,24-,26-,29-/m0/s1. The van der Waals surface area contributed by atoms with Crippen molar-refractivity contribution >= 4 is 21.7 Å². The van der Waals surface area contributed by atoms with Crippen LogP contribution in [0.5, 0.6) is 0 Å². The molecule has 0 spiro atoms. The second-order valence-electron chi connectivity index (χ2n) is 12.1. The highest BCUT2D eigenvalue weighted by atomic mass is 32.2. The van der Waals surface area contributed by atoms with Gasteiger partial charge in [0.05, 0.1) is 46.5 Å².